The number of para-hydroxylation sites is 4. The lowest BCUT2D eigenvalue weighted by molar-refractivity contribution is 0.669. The molecule has 0 spiro atoms. The fourth-order valence-corrected chi connectivity index (χ4v) is 8.71. The topological polar surface area (TPSA) is 56.7 Å². The third-order valence-corrected chi connectivity index (χ3v) is 11.2. The lowest BCUT2D eigenvalue weighted by atomic mass is 9.93. The molecule has 0 aliphatic carbocycles. The first-order valence-electron chi connectivity index (χ1n) is 18.9. The summed E-state index contributed by atoms with van der Waals surface area (Å²) in [6.45, 7) is 0. The summed E-state index contributed by atoms with van der Waals surface area (Å²) >= 11 is 0. The molecule has 0 saturated carbocycles. The zero-order valence-corrected chi connectivity index (χ0v) is 30.0. The highest BCUT2D eigenvalue weighted by Crippen LogP contribution is 2.39. The van der Waals surface area contributed by atoms with E-state index in [1.54, 1.807) is 0 Å². The van der Waals surface area contributed by atoms with Gasteiger partial charge in [0.25, 0.3) is 0 Å². The van der Waals surface area contributed by atoms with Gasteiger partial charge in [-0.3, -0.25) is 0 Å². The molecule has 0 atom stereocenters. The van der Waals surface area contributed by atoms with Crippen molar-refractivity contribution in [2.24, 2.45) is 0 Å². The van der Waals surface area contributed by atoms with Gasteiger partial charge in [-0.1, -0.05) is 127 Å². The summed E-state index contributed by atoms with van der Waals surface area (Å²) in [6.07, 6.45) is 0. The number of fused-ring (bicyclic) bond motifs is 12. The Morgan fingerprint density at radius 3 is 1.43 bits per heavy atom. The van der Waals surface area contributed by atoms with Gasteiger partial charge in [0, 0.05) is 38.2 Å². The van der Waals surface area contributed by atoms with E-state index in [-0.39, 0.29) is 0 Å². The third-order valence-electron chi connectivity index (χ3n) is 11.2. The van der Waals surface area contributed by atoms with Crippen molar-refractivity contribution in [2.75, 3.05) is 0 Å². The van der Waals surface area contributed by atoms with E-state index in [0.29, 0.717) is 17.5 Å². The minimum absolute atomic E-state index is 0.595. The molecule has 0 N–H and O–H groups in total. The van der Waals surface area contributed by atoms with Gasteiger partial charge < -0.3 is 8.98 Å². The van der Waals surface area contributed by atoms with Gasteiger partial charge in [-0.25, -0.2) is 15.0 Å². The van der Waals surface area contributed by atoms with Gasteiger partial charge in [0.15, 0.2) is 17.5 Å². The van der Waals surface area contributed by atoms with Crippen LogP contribution in [-0.2, 0) is 0 Å². The van der Waals surface area contributed by atoms with Gasteiger partial charge in [0.2, 0.25) is 0 Å². The first kappa shape index (κ1) is 30.8. The molecule has 0 unspecified atom stereocenters. The second-order valence-corrected chi connectivity index (χ2v) is 14.4. The van der Waals surface area contributed by atoms with Gasteiger partial charge in [0.05, 0.1) is 16.7 Å². The van der Waals surface area contributed by atoms with Crippen molar-refractivity contribution in [2.45, 2.75) is 0 Å². The van der Waals surface area contributed by atoms with Gasteiger partial charge in [-0.05, 0) is 86.9 Å². The highest BCUT2D eigenvalue weighted by molar-refractivity contribution is 6.25. The van der Waals surface area contributed by atoms with Crippen LogP contribution in [0.5, 0.6) is 0 Å². The molecule has 3 aromatic heterocycles. The van der Waals surface area contributed by atoms with E-state index in [9.17, 15) is 0 Å². The summed E-state index contributed by atoms with van der Waals surface area (Å²) in [5.41, 5.74) is 7.66. The summed E-state index contributed by atoms with van der Waals surface area (Å²) in [4.78, 5) is 15.9. The number of aromatic nitrogens is 4. The second kappa shape index (κ2) is 11.9. The molecule has 9 aromatic carbocycles. The SMILES string of the molecule is c1ccc(-n2c3ccccc3c3ccccc32)c(-c2nc(-c3ccc4oc5ccccc5c4c3)nc(-c3ccc4c5ccccc5c5ccccc5c4c3)n2)c1. The zero-order valence-electron chi connectivity index (χ0n) is 30.0. The Labute approximate surface area is 320 Å². The minimum Gasteiger partial charge on any atom is -0.456 e. The average Bonchev–Trinajstić information content (AvgIpc) is 3.82. The van der Waals surface area contributed by atoms with E-state index >= 15 is 0 Å². The molecular formula is C51H30N4O. The fraction of sp³-hybridized carbons (Fsp3) is 0. The summed E-state index contributed by atoms with van der Waals surface area (Å²) in [6, 6.07) is 63.9. The van der Waals surface area contributed by atoms with Crippen molar-refractivity contribution in [3.63, 3.8) is 0 Å². The molecule has 56 heavy (non-hydrogen) atoms. The van der Waals surface area contributed by atoms with Gasteiger partial charge in [0.1, 0.15) is 11.2 Å². The molecule has 5 nitrogen and oxygen atoms in total. The maximum absolute atomic E-state index is 6.21. The number of rotatable bonds is 4. The zero-order chi connectivity index (χ0) is 36.7. The second-order valence-electron chi connectivity index (χ2n) is 14.4. The molecule has 0 bridgehead atoms. The first-order chi connectivity index (χ1) is 27.8. The van der Waals surface area contributed by atoms with Crippen LogP contribution in [0.4, 0.5) is 0 Å². The van der Waals surface area contributed by atoms with Crippen LogP contribution in [0.3, 0.4) is 0 Å². The molecule has 0 fully saturated rings. The quantitative estimate of drug-likeness (QED) is 0.170. The van der Waals surface area contributed by atoms with E-state index in [2.05, 4.69) is 156 Å². The lowest BCUT2D eigenvalue weighted by Crippen LogP contribution is -2.03. The van der Waals surface area contributed by atoms with Crippen molar-refractivity contribution in [1.82, 2.24) is 19.5 Å². The van der Waals surface area contributed by atoms with Crippen LogP contribution >= 0.6 is 0 Å². The predicted octanol–water partition coefficient (Wildman–Crippen LogP) is 13.3. The predicted molar refractivity (Wildman–Crippen MR) is 230 cm³/mol. The van der Waals surface area contributed by atoms with Crippen LogP contribution in [0.15, 0.2) is 186 Å². The van der Waals surface area contributed by atoms with Gasteiger partial charge in [-0.15, -0.1) is 0 Å². The van der Waals surface area contributed by atoms with Crippen LogP contribution < -0.4 is 0 Å². The molecule has 3 heterocycles. The number of furan rings is 1. The molecule has 12 rings (SSSR count). The van der Waals surface area contributed by atoms with Crippen molar-refractivity contribution in [3.05, 3.63) is 182 Å². The Kier molecular flexibility index (Phi) is 6.56. The van der Waals surface area contributed by atoms with Crippen LogP contribution in [0, 0.1) is 0 Å². The Morgan fingerprint density at radius 1 is 0.321 bits per heavy atom. The third kappa shape index (κ3) is 4.58. The molecular weight excluding hydrogens is 685 g/mol. The molecule has 260 valence electrons. The Balaban J connectivity index is 1.13. The summed E-state index contributed by atoms with van der Waals surface area (Å²) in [5, 5.41) is 11.8. The normalized spacial score (nSPS) is 11.9. The smallest absolute Gasteiger partial charge is 0.166 e. The molecule has 0 saturated heterocycles. The Bertz CT molecular complexity index is 3470. The van der Waals surface area contributed by atoms with Crippen LogP contribution in [0.25, 0.3) is 116 Å². The Morgan fingerprint density at radius 2 is 0.768 bits per heavy atom. The summed E-state index contributed by atoms with van der Waals surface area (Å²) in [7, 11) is 0. The van der Waals surface area contributed by atoms with E-state index in [4.69, 9.17) is 19.4 Å². The van der Waals surface area contributed by atoms with Crippen molar-refractivity contribution >= 4 is 76.1 Å². The van der Waals surface area contributed by atoms with Crippen molar-refractivity contribution in [3.8, 4) is 39.9 Å². The molecule has 5 heteroatoms. The van der Waals surface area contributed by atoms with Crippen LogP contribution in [0.2, 0.25) is 0 Å². The van der Waals surface area contributed by atoms with E-state index in [1.807, 2.05) is 30.3 Å². The monoisotopic (exact) mass is 714 g/mol. The molecule has 0 radical (unpaired) electrons. The van der Waals surface area contributed by atoms with Gasteiger partial charge in [-0.2, -0.15) is 0 Å². The number of nitrogens with zero attached hydrogens (tertiary/aromatic N) is 4. The van der Waals surface area contributed by atoms with Gasteiger partial charge >= 0.3 is 0 Å². The van der Waals surface area contributed by atoms with Crippen LogP contribution in [-0.4, -0.2) is 19.5 Å². The highest BCUT2D eigenvalue weighted by atomic mass is 16.3. The Hall–Kier alpha value is -7.63. The first-order valence-corrected chi connectivity index (χ1v) is 18.9. The molecule has 0 aliphatic rings. The summed E-state index contributed by atoms with van der Waals surface area (Å²) in [5.74, 6) is 1.80. The molecule has 0 amide bonds. The maximum atomic E-state index is 6.21. The minimum atomic E-state index is 0.595. The van der Waals surface area contributed by atoms with E-state index in [1.165, 1.54) is 37.7 Å². The maximum Gasteiger partial charge on any atom is 0.166 e. The number of benzene rings is 9. The average molecular weight is 715 g/mol. The number of hydrogen-bond donors (Lipinski definition) is 0. The highest BCUT2D eigenvalue weighted by Gasteiger charge is 2.20. The van der Waals surface area contributed by atoms with Crippen LogP contribution in [0.1, 0.15) is 0 Å². The molecule has 0 aliphatic heterocycles. The summed E-state index contributed by atoms with van der Waals surface area (Å²) < 4.78 is 8.54. The fourth-order valence-electron chi connectivity index (χ4n) is 8.71. The largest absolute Gasteiger partial charge is 0.456 e. The molecule has 12 aromatic rings. The van der Waals surface area contributed by atoms with Crippen molar-refractivity contribution < 1.29 is 4.42 Å². The van der Waals surface area contributed by atoms with Crippen molar-refractivity contribution in [1.29, 1.82) is 0 Å². The lowest BCUT2D eigenvalue weighted by Gasteiger charge is -2.15. The number of hydrogen-bond acceptors (Lipinski definition) is 4. The van der Waals surface area contributed by atoms with E-state index < -0.39 is 0 Å². The standard InChI is InChI=1S/C51H30N4O/c1-2-15-35-33(13-1)34-14-3-4-16-36(34)42-29-31(25-27-37(35)42)49-52-50(32-26-28-48-43(30-32)40-19-8-12-24-47(40)56-48)54-51(53-49)41-20-7-11-23-46(41)55-44-21-9-5-17-38(44)39-18-6-10-22-45(39)55/h1-30H. The van der Waals surface area contributed by atoms with E-state index in [0.717, 1.165) is 60.7 Å².